The van der Waals surface area contributed by atoms with Crippen LogP contribution in [0.4, 0.5) is 4.79 Å². The third-order valence-electron chi connectivity index (χ3n) is 7.68. The van der Waals surface area contributed by atoms with Crippen LogP contribution >= 0.6 is 0 Å². The van der Waals surface area contributed by atoms with E-state index in [1.807, 2.05) is 18.2 Å². The zero-order valence-corrected chi connectivity index (χ0v) is 20.5. The number of methoxy groups -OCH3 is 2. The van der Waals surface area contributed by atoms with Crippen molar-refractivity contribution in [1.29, 1.82) is 0 Å². The minimum absolute atomic E-state index is 0.179. The number of carbonyl (C=O) groups is 3. The number of nitrogens with one attached hydrogen (secondary N) is 1. The highest BCUT2D eigenvalue weighted by molar-refractivity contribution is 6.09. The van der Waals surface area contributed by atoms with Crippen molar-refractivity contribution in [3.63, 3.8) is 0 Å². The molecule has 2 saturated heterocycles. The number of rotatable bonds is 7. The highest BCUT2D eigenvalue weighted by atomic mass is 16.5. The molecule has 0 atom stereocenters. The van der Waals surface area contributed by atoms with Crippen LogP contribution in [0.2, 0.25) is 0 Å². The van der Waals surface area contributed by atoms with Gasteiger partial charge >= 0.3 is 6.03 Å². The van der Waals surface area contributed by atoms with Crippen LogP contribution in [0.5, 0.6) is 11.5 Å². The fourth-order valence-electron chi connectivity index (χ4n) is 5.37. The molecule has 2 aliphatic heterocycles. The molecule has 2 heterocycles. The second-order valence-electron chi connectivity index (χ2n) is 9.59. The molecule has 0 radical (unpaired) electrons. The van der Waals surface area contributed by atoms with E-state index in [9.17, 15) is 14.4 Å². The number of carbonyl (C=O) groups excluding carboxylic acids is 3. The Hall–Kier alpha value is -2.81. The molecule has 9 heteroatoms. The van der Waals surface area contributed by atoms with Crippen LogP contribution in [-0.2, 0) is 16.1 Å². The quantitative estimate of drug-likeness (QED) is 0.612. The Balaban J connectivity index is 1.30. The van der Waals surface area contributed by atoms with Crippen LogP contribution < -0.4 is 14.8 Å². The zero-order chi connectivity index (χ0) is 24.3. The van der Waals surface area contributed by atoms with E-state index in [4.69, 9.17) is 9.47 Å². The van der Waals surface area contributed by atoms with Crippen LogP contribution in [-0.4, -0.2) is 85.0 Å². The molecule has 3 aliphatic rings. The number of urea groups is 1. The third kappa shape index (κ3) is 4.85. The number of hydrogen-bond acceptors (Lipinski definition) is 6. The van der Waals surface area contributed by atoms with Crippen molar-refractivity contribution in [1.82, 2.24) is 20.0 Å². The molecule has 3 fully saturated rings. The lowest BCUT2D eigenvalue weighted by Crippen LogP contribution is -2.52. The van der Waals surface area contributed by atoms with Gasteiger partial charge in [0.05, 0.1) is 14.2 Å². The fourth-order valence-corrected chi connectivity index (χ4v) is 5.37. The summed E-state index contributed by atoms with van der Waals surface area (Å²) < 4.78 is 10.8. The number of imide groups is 1. The normalized spacial score (nSPS) is 25.6. The van der Waals surface area contributed by atoms with Gasteiger partial charge in [-0.2, -0.15) is 0 Å². The van der Waals surface area contributed by atoms with E-state index in [1.54, 1.807) is 19.1 Å². The molecular weight excluding hydrogens is 436 g/mol. The number of hydrogen-bond donors (Lipinski definition) is 1. The summed E-state index contributed by atoms with van der Waals surface area (Å²) in [6, 6.07) is 5.30. The average molecular weight is 473 g/mol. The molecule has 1 aromatic rings. The molecule has 4 amide bonds. The Labute approximate surface area is 201 Å². The topological polar surface area (TPSA) is 91.4 Å². The Morgan fingerprint density at radius 3 is 2.41 bits per heavy atom. The summed E-state index contributed by atoms with van der Waals surface area (Å²) in [4.78, 5) is 43.8. The number of benzene rings is 1. The zero-order valence-electron chi connectivity index (χ0n) is 20.5. The maximum atomic E-state index is 13.1. The Kier molecular flexibility index (Phi) is 7.30. The smallest absolute Gasteiger partial charge is 0.325 e. The van der Waals surface area contributed by atoms with E-state index in [0.717, 1.165) is 41.2 Å². The van der Waals surface area contributed by atoms with Crippen LogP contribution in [0, 0.1) is 5.92 Å². The molecule has 1 saturated carbocycles. The van der Waals surface area contributed by atoms with Gasteiger partial charge in [0, 0.05) is 38.3 Å². The Bertz CT molecular complexity index is 920. The van der Waals surface area contributed by atoms with Crippen LogP contribution in [0.15, 0.2) is 18.2 Å². The van der Waals surface area contributed by atoms with Gasteiger partial charge in [0.15, 0.2) is 0 Å². The van der Waals surface area contributed by atoms with E-state index >= 15 is 0 Å². The van der Waals surface area contributed by atoms with Crippen molar-refractivity contribution in [3.8, 4) is 11.5 Å². The molecule has 34 heavy (non-hydrogen) atoms. The first kappa shape index (κ1) is 24.3. The summed E-state index contributed by atoms with van der Waals surface area (Å²) in [6.45, 7) is 5.18. The average Bonchev–Trinajstić information content (AvgIpc) is 3.08. The van der Waals surface area contributed by atoms with Gasteiger partial charge in [-0.1, -0.05) is 13.3 Å². The lowest BCUT2D eigenvalue weighted by atomic mass is 9.75. The molecule has 1 N–H and O–H groups in total. The van der Waals surface area contributed by atoms with E-state index in [-0.39, 0.29) is 18.4 Å². The highest BCUT2D eigenvalue weighted by Crippen LogP contribution is 2.37. The summed E-state index contributed by atoms with van der Waals surface area (Å²) in [6.07, 6.45) is 4.28. The van der Waals surface area contributed by atoms with E-state index in [2.05, 4.69) is 17.1 Å². The number of amides is 4. The van der Waals surface area contributed by atoms with Gasteiger partial charge in [0.25, 0.3) is 5.91 Å². The number of piperazine rings is 1. The van der Waals surface area contributed by atoms with Crippen molar-refractivity contribution in [2.24, 2.45) is 5.92 Å². The minimum Gasteiger partial charge on any atom is -0.497 e. The first-order valence-corrected chi connectivity index (χ1v) is 12.2. The summed E-state index contributed by atoms with van der Waals surface area (Å²) in [5.41, 5.74) is 0.224. The minimum atomic E-state index is -0.808. The fraction of sp³-hybridized carbons (Fsp3) is 0.640. The van der Waals surface area contributed by atoms with Crippen molar-refractivity contribution in [3.05, 3.63) is 23.8 Å². The van der Waals surface area contributed by atoms with Gasteiger partial charge in [-0.25, -0.2) is 4.79 Å². The molecule has 0 unspecified atom stereocenters. The molecule has 9 nitrogen and oxygen atoms in total. The predicted molar refractivity (Wildman–Crippen MR) is 127 cm³/mol. The van der Waals surface area contributed by atoms with Crippen LogP contribution in [0.1, 0.15) is 44.6 Å². The molecule has 186 valence electrons. The molecule has 1 aliphatic carbocycles. The van der Waals surface area contributed by atoms with Crippen molar-refractivity contribution in [2.45, 2.75) is 51.1 Å². The maximum absolute atomic E-state index is 13.1. The van der Waals surface area contributed by atoms with Gasteiger partial charge in [0.2, 0.25) is 5.91 Å². The standard InChI is InChI=1S/C25H36N4O5/c1-4-18-7-9-25(10-8-18)23(31)29(24(32)26-25)17-22(30)28-13-11-27(12-14-28)16-19-15-20(33-2)5-6-21(19)34-3/h5-6,15,18H,4,7-14,16-17H2,1-3H3,(H,26,32). The lowest BCUT2D eigenvalue weighted by molar-refractivity contribution is -0.140. The molecule has 4 rings (SSSR count). The second-order valence-corrected chi connectivity index (χ2v) is 9.59. The summed E-state index contributed by atoms with van der Waals surface area (Å²) in [5, 5.41) is 2.91. The van der Waals surface area contributed by atoms with Crippen molar-refractivity contribution >= 4 is 17.8 Å². The Morgan fingerprint density at radius 2 is 1.79 bits per heavy atom. The summed E-state index contributed by atoms with van der Waals surface area (Å²) in [5.74, 6) is 1.78. The first-order valence-electron chi connectivity index (χ1n) is 12.2. The van der Waals surface area contributed by atoms with E-state index < -0.39 is 11.6 Å². The number of nitrogens with zero attached hydrogens (tertiary/aromatic N) is 3. The van der Waals surface area contributed by atoms with Gasteiger partial charge < -0.3 is 19.7 Å². The van der Waals surface area contributed by atoms with Crippen molar-refractivity contribution in [2.75, 3.05) is 46.9 Å². The van der Waals surface area contributed by atoms with Crippen molar-refractivity contribution < 1.29 is 23.9 Å². The monoisotopic (exact) mass is 472 g/mol. The van der Waals surface area contributed by atoms with E-state index in [1.165, 1.54) is 0 Å². The first-order chi connectivity index (χ1) is 16.4. The summed E-state index contributed by atoms with van der Waals surface area (Å²) in [7, 11) is 3.29. The third-order valence-corrected chi connectivity index (χ3v) is 7.68. The molecule has 0 aromatic heterocycles. The molecule has 1 spiro atoms. The second kappa shape index (κ2) is 10.2. The lowest BCUT2D eigenvalue weighted by Gasteiger charge is -2.36. The van der Waals surface area contributed by atoms with Gasteiger partial charge in [-0.05, 0) is 49.8 Å². The van der Waals surface area contributed by atoms with Crippen LogP contribution in [0.3, 0.4) is 0 Å². The highest BCUT2D eigenvalue weighted by Gasteiger charge is 2.52. The number of ether oxygens (including phenoxy) is 2. The maximum Gasteiger partial charge on any atom is 0.325 e. The SMILES string of the molecule is CCC1CCC2(CC1)NC(=O)N(CC(=O)N1CCN(Cc3cc(OC)ccc3OC)CC1)C2=O. The van der Waals surface area contributed by atoms with Gasteiger partial charge in [-0.3, -0.25) is 19.4 Å². The molecular formula is C25H36N4O5. The van der Waals surface area contributed by atoms with Gasteiger partial charge in [0.1, 0.15) is 23.6 Å². The Morgan fingerprint density at radius 1 is 1.09 bits per heavy atom. The summed E-state index contributed by atoms with van der Waals surface area (Å²) >= 11 is 0. The van der Waals surface area contributed by atoms with E-state index in [0.29, 0.717) is 51.5 Å². The van der Waals surface area contributed by atoms with Gasteiger partial charge in [-0.15, -0.1) is 0 Å². The predicted octanol–water partition coefficient (Wildman–Crippen LogP) is 2.24. The largest absolute Gasteiger partial charge is 0.497 e. The molecule has 1 aromatic carbocycles. The molecule has 0 bridgehead atoms. The van der Waals surface area contributed by atoms with Crippen LogP contribution in [0.25, 0.3) is 0 Å².